The summed E-state index contributed by atoms with van der Waals surface area (Å²) < 4.78 is 41.0. The summed E-state index contributed by atoms with van der Waals surface area (Å²) >= 11 is 1.21. The van der Waals surface area contributed by atoms with Gasteiger partial charge in [0.15, 0.2) is 5.13 Å². The molecule has 0 spiro atoms. The summed E-state index contributed by atoms with van der Waals surface area (Å²) in [7, 11) is -3.93. The second-order valence-electron chi connectivity index (χ2n) is 6.13. The van der Waals surface area contributed by atoms with E-state index in [1.807, 2.05) is 12.1 Å². The first-order valence-corrected chi connectivity index (χ1v) is 11.2. The smallest absolute Gasteiger partial charge is 0.263 e. The summed E-state index contributed by atoms with van der Waals surface area (Å²) in [6.07, 6.45) is 6.54. The van der Waals surface area contributed by atoms with Crippen molar-refractivity contribution < 1.29 is 12.8 Å². The van der Waals surface area contributed by atoms with E-state index in [1.165, 1.54) is 29.5 Å². The minimum atomic E-state index is -3.93. The molecule has 0 bridgehead atoms. The van der Waals surface area contributed by atoms with E-state index in [4.69, 9.17) is 0 Å². The number of hydrogen-bond acceptors (Lipinski definition) is 6. The molecule has 0 radical (unpaired) electrons. The van der Waals surface area contributed by atoms with Gasteiger partial charge in [-0.2, -0.15) is 0 Å². The van der Waals surface area contributed by atoms with Crippen LogP contribution in [0.25, 0.3) is 11.3 Å². The highest BCUT2D eigenvalue weighted by atomic mass is 35.5. The number of nitrogens with one attached hydrogen (secondary N) is 2. The van der Waals surface area contributed by atoms with E-state index in [0.717, 1.165) is 42.4 Å². The van der Waals surface area contributed by atoms with Crippen LogP contribution in [0.15, 0.2) is 53.7 Å². The van der Waals surface area contributed by atoms with Crippen molar-refractivity contribution >= 4 is 43.9 Å². The number of benzene rings is 1. The SMILES string of the molecule is CCCCCNc1sc(NS(=O)(=O)c2cccc(F)c2)nc1-c1ccncc1.Cl. The number of aromatic nitrogens is 2. The second-order valence-corrected chi connectivity index (χ2v) is 8.81. The Kier molecular flexibility index (Phi) is 8.36. The molecule has 2 aromatic heterocycles. The van der Waals surface area contributed by atoms with Gasteiger partial charge in [0, 0.05) is 24.5 Å². The number of nitrogens with zero attached hydrogens (tertiary/aromatic N) is 2. The number of anilines is 2. The summed E-state index contributed by atoms with van der Waals surface area (Å²) in [5.41, 5.74) is 1.49. The van der Waals surface area contributed by atoms with Crippen LogP contribution in [0.3, 0.4) is 0 Å². The molecular formula is C19H22ClFN4O2S2. The standard InChI is InChI=1S/C19H21FN4O2S2.ClH/c1-2-3-4-10-22-18-17(14-8-11-21-12-9-14)23-19(27-18)24-28(25,26)16-7-5-6-15(20)13-16;/h5-9,11-13,22H,2-4,10H2,1H3,(H,23,24);1H. The lowest BCUT2D eigenvalue weighted by molar-refractivity contribution is 0.595. The molecule has 0 saturated carbocycles. The molecule has 0 aliphatic heterocycles. The highest BCUT2D eigenvalue weighted by Gasteiger charge is 2.20. The highest BCUT2D eigenvalue weighted by molar-refractivity contribution is 7.93. The number of rotatable bonds is 9. The van der Waals surface area contributed by atoms with E-state index in [-0.39, 0.29) is 22.4 Å². The Morgan fingerprint density at radius 1 is 1.14 bits per heavy atom. The Morgan fingerprint density at radius 2 is 1.90 bits per heavy atom. The molecular weight excluding hydrogens is 435 g/mol. The zero-order valence-electron chi connectivity index (χ0n) is 15.8. The van der Waals surface area contributed by atoms with Gasteiger partial charge >= 0.3 is 0 Å². The third-order valence-corrected chi connectivity index (χ3v) is 6.37. The third-order valence-electron chi connectivity index (χ3n) is 3.97. The largest absolute Gasteiger partial charge is 0.375 e. The molecule has 2 N–H and O–H groups in total. The first-order chi connectivity index (χ1) is 13.5. The summed E-state index contributed by atoms with van der Waals surface area (Å²) in [6, 6.07) is 8.50. The van der Waals surface area contributed by atoms with E-state index in [0.29, 0.717) is 5.69 Å². The molecule has 29 heavy (non-hydrogen) atoms. The van der Waals surface area contributed by atoms with Crippen molar-refractivity contribution in [2.24, 2.45) is 0 Å². The van der Waals surface area contributed by atoms with Gasteiger partial charge in [0.2, 0.25) is 0 Å². The molecule has 0 unspecified atom stereocenters. The van der Waals surface area contributed by atoms with Crippen LogP contribution in [-0.2, 0) is 10.0 Å². The normalized spacial score (nSPS) is 11.0. The Bertz CT molecular complexity index is 1030. The molecule has 3 aromatic rings. The van der Waals surface area contributed by atoms with Crippen LogP contribution in [0.4, 0.5) is 14.5 Å². The average Bonchev–Trinajstić information content (AvgIpc) is 3.08. The van der Waals surface area contributed by atoms with Crippen molar-refractivity contribution in [2.75, 3.05) is 16.6 Å². The molecule has 0 aliphatic rings. The van der Waals surface area contributed by atoms with Crippen molar-refractivity contribution in [3.63, 3.8) is 0 Å². The molecule has 0 amide bonds. The van der Waals surface area contributed by atoms with Crippen LogP contribution < -0.4 is 10.0 Å². The lowest BCUT2D eigenvalue weighted by atomic mass is 10.2. The lowest BCUT2D eigenvalue weighted by Crippen LogP contribution is -2.12. The zero-order chi connectivity index (χ0) is 20.0. The summed E-state index contributed by atoms with van der Waals surface area (Å²) in [5, 5.41) is 4.34. The van der Waals surface area contributed by atoms with Crippen molar-refractivity contribution in [3.8, 4) is 11.3 Å². The van der Waals surface area contributed by atoms with Gasteiger partial charge in [-0.15, -0.1) is 12.4 Å². The van der Waals surface area contributed by atoms with Crippen LogP contribution in [0.5, 0.6) is 0 Å². The highest BCUT2D eigenvalue weighted by Crippen LogP contribution is 2.36. The van der Waals surface area contributed by atoms with Gasteiger partial charge in [-0.25, -0.2) is 17.8 Å². The quantitative estimate of drug-likeness (QED) is 0.434. The second kappa shape index (κ2) is 10.5. The van der Waals surface area contributed by atoms with Crippen molar-refractivity contribution in [1.82, 2.24) is 9.97 Å². The minimum absolute atomic E-state index is 0. The van der Waals surface area contributed by atoms with Gasteiger partial charge in [-0.3, -0.25) is 9.71 Å². The Hall–Kier alpha value is -2.23. The van der Waals surface area contributed by atoms with E-state index in [9.17, 15) is 12.8 Å². The predicted molar refractivity (Wildman–Crippen MR) is 118 cm³/mol. The van der Waals surface area contributed by atoms with Crippen LogP contribution in [0, 0.1) is 5.82 Å². The molecule has 10 heteroatoms. The molecule has 0 saturated heterocycles. The van der Waals surface area contributed by atoms with Crippen molar-refractivity contribution in [2.45, 2.75) is 31.1 Å². The lowest BCUT2D eigenvalue weighted by Gasteiger charge is -2.05. The molecule has 6 nitrogen and oxygen atoms in total. The van der Waals surface area contributed by atoms with Gasteiger partial charge < -0.3 is 5.32 Å². The van der Waals surface area contributed by atoms with E-state index in [1.54, 1.807) is 12.4 Å². The minimum Gasteiger partial charge on any atom is -0.375 e. The van der Waals surface area contributed by atoms with E-state index in [2.05, 4.69) is 26.9 Å². The maximum atomic E-state index is 13.4. The van der Waals surface area contributed by atoms with E-state index < -0.39 is 15.8 Å². The fourth-order valence-corrected chi connectivity index (χ4v) is 4.75. The number of unbranched alkanes of at least 4 members (excludes halogenated alkanes) is 2. The monoisotopic (exact) mass is 456 g/mol. The van der Waals surface area contributed by atoms with Crippen LogP contribution in [0.2, 0.25) is 0 Å². The van der Waals surface area contributed by atoms with Gasteiger partial charge in [0.1, 0.15) is 16.5 Å². The van der Waals surface area contributed by atoms with Crippen molar-refractivity contribution in [3.05, 3.63) is 54.6 Å². The van der Waals surface area contributed by atoms with E-state index >= 15 is 0 Å². The molecule has 0 fully saturated rings. The predicted octanol–water partition coefficient (Wildman–Crippen LogP) is 5.17. The molecule has 1 aromatic carbocycles. The first kappa shape index (κ1) is 23.1. The first-order valence-electron chi connectivity index (χ1n) is 8.93. The maximum Gasteiger partial charge on any atom is 0.263 e. The van der Waals surface area contributed by atoms with Gasteiger partial charge in [0.05, 0.1) is 4.90 Å². The molecule has 156 valence electrons. The number of pyridine rings is 1. The third kappa shape index (κ3) is 6.12. The Balaban J connectivity index is 0.00000300. The molecule has 0 atom stereocenters. The Labute approximate surface area is 180 Å². The number of hydrogen-bond donors (Lipinski definition) is 2. The fourth-order valence-electron chi connectivity index (χ4n) is 2.57. The van der Waals surface area contributed by atoms with Crippen LogP contribution in [-0.4, -0.2) is 24.9 Å². The van der Waals surface area contributed by atoms with Gasteiger partial charge in [-0.1, -0.05) is 37.2 Å². The average molecular weight is 457 g/mol. The van der Waals surface area contributed by atoms with Crippen LogP contribution >= 0.6 is 23.7 Å². The molecule has 3 rings (SSSR count). The zero-order valence-corrected chi connectivity index (χ0v) is 18.2. The van der Waals surface area contributed by atoms with Crippen LogP contribution in [0.1, 0.15) is 26.2 Å². The molecule has 0 aliphatic carbocycles. The number of halogens is 2. The summed E-state index contributed by atoms with van der Waals surface area (Å²) in [5.74, 6) is -0.613. The topological polar surface area (TPSA) is 84.0 Å². The summed E-state index contributed by atoms with van der Waals surface area (Å²) in [6.45, 7) is 2.90. The summed E-state index contributed by atoms with van der Waals surface area (Å²) in [4.78, 5) is 8.32. The molecule has 2 heterocycles. The maximum absolute atomic E-state index is 13.4. The number of sulfonamides is 1. The van der Waals surface area contributed by atoms with Crippen molar-refractivity contribution in [1.29, 1.82) is 0 Å². The number of thiazole rings is 1. The Morgan fingerprint density at radius 3 is 2.59 bits per heavy atom. The fraction of sp³-hybridized carbons (Fsp3) is 0.263. The van der Waals surface area contributed by atoms with Gasteiger partial charge in [0.25, 0.3) is 10.0 Å². The van der Waals surface area contributed by atoms with Gasteiger partial charge in [-0.05, 0) is 36.8 Å².